The number of carbonyl (C=O) groups excluding carboxylic acids is 1. The van der Waals surface area contributed by atoms with Gasteiger partial charge in [0.1, 0.15) is 11.3 Å². The van der Waals surface area contributed by atoms with Gasteiger partial charge in [-0.25, -0.2) is 0 Å². The smallest absolute Gasteiger partial charge is 0.224 e. The van der Waals surface area contributed by atoms with Crippen LogP contribution in [-0.4, -0.2) is 11.1 Å². The lowest BCUT2D eigenvalue weighted by atomic mass is 10.1. The summed E-state index contributed by atoms with van der Waals surface area (Å²) >= 11 is 0. The van der Waals surface area contributed by atoms with E-state index in [1.807, 2.05) is 60.7 Å². The van der Waals surface area contributed by atoms with Gasteiger partial charge in [-0.15, -0.1) is 0 Å². The predicted octanol–water partition coefficient (Wildman–Crippen LogP) is 3.95. The first-order valence-electron chi connectivity index (χ1n) is 8.03. The molecule has 0 radical (unpaired) electrons. The monoisotopic (exact) mass is 332 g/mol. The molecule has 4 rings (SSSR count). The van der Waals surface area contributed by atoms with Crippen LogP contribution in [0, 0.1) is 0 Å². The fourth-order valence-corrected chi connectivity index (χ4v) is 2.65. The Labute approximate surface area is 144 Å². The molecule has 2 aromatic heterocycles. The molecule has 0 atom stereocenters. The van der Waals surface area contributed by atoms with Crippen LogP contribution in [0.15, 0.2) is 75.7 Å². The average Bonchev–Trinajstić information content (AvgIpc) is 3.27. The highest BCUT2D eigenvalue weighted by atomic mass is 16.5. The Balaban J connectivity index is 1.40. The van der Waals surface area contributed by atoms with Crippen LogP contribution in [0.1, 0.15) is 11.3 Å². The van der Waals surface area contributed by atoms with Gasteiger partial charge >= 0.3 is 0 Å². The number of nitrogens with zero attached hydrogens (tertiary/aromatic N) is 1. The second-order valence-electron chi connectivity index (χ2n) is 5.77. The molecule has 0 aliphatic rings. The maximum Gasteiger partial charge on any atom is 0.224 e. The zero-order valence-electron chi connectivity index (χ0n) is 13.4. The minimum absolute atomic E-state index is 0.0560. The molecule has 124 valence electrons. The van der Waals surface area contributed by atoms with E-state index in [1.165, 1.54) is 0 Å². The molecular formula is C20H16N2O3. The molecule has 2 heterocycles. The van der Waals surface area contributed by atoms with Crippen LogP contribution in [0.5, 0.6) is 0 Å². The van der Waals surface area contributed by atoms with Crippen molar-refractivity contribution in [2.45, 2.75) is 13.0 Å². The molecule has 4 aromatic rings. The summed E-state index contributed by atoms with van der Waals surface area (Å²) in [6.45, 7) is 0.315. The van der Waals surface area contributed by atoms with Gasteiger partial charge in [-0.1, -0.05) is 53.7 Å². The number of carbonyl (C=O) groups is 1. The Morgan fingerprint density at radius 1 is 0.960 bits per heavy atom. The third kappa shape index (κ3) is 3.45. The summed E-state index contributed by atoms with van der Waals surface area (Å²) in [5.41, 5.74) is 2.42. The molecule has 1 amide bonds. The summed E-state index contributed by atoms with van der Waals surface area (Å²) in [5, 5.41) is 7.84. The molecule has 25 heavy (non-hydrogen) atoms. The van der Waals surface area contributed by atoms with Crippen LogP contribution in [-0.2, 0) is 17.8 Å². The molecule has 5 heteroatoms. The van der Waals surface area contributed by atoms with Crippen LogP contribution in [0.3, 0.4) is 0 Å². The average molecular weight is 332 g/mol. The van der Waals surface area contributed by atoms with E-state index >= 15 is 0 Å². The molecule has 0 aliphatic carbocycles. The molecule has 5 nitrogen and oxygen atoms in total. The molecule has 0 unspecified atom stereocenters. The molecule has 1 N–H and O–H groups in total. The van der Waals surface area contributed by atoms with Gasteiger partial charge in [-0.05, 0) is 17.7 Å². The Morgan fingerprint density at radius 3 is 2.60 bits per heavy atom. The van der Waals surface area contributed by atoms with E-state index in [9.17, 15) is 4.79 Å². The van der Waals surface area contributed by atoms with Gasteiger partial charge in [0.2, 0.25) is 11.7 Å². The van der Waals surface area contributed by atoms with E-state index in [4.69, 9.17) is 8.94 Å². The van der Waals surface area contributed by atoms with Crippen molar-refractivity contribution in [2.24, 2.45) is 0 Å². The molecule has 0 fully saturated rings. The maximum absolute atomic E-state index is 12.0. The Bertz CT molecular complexity index is 969. The number of amides is 1. The maximum atomic E-state index is 12.0. The number of benzene rings is 2. The zero-order chi connectivity index (χ0) is 17.1. The standard InChI is InChI=1S/C20H16N2O3/c23-20(10-14-6-2-1-3-7-14)21-13-16-12-19(25-22-16)18-11-15-8-4-5-9-17(15)24-18/h1-9,11-12H,10,13H2,(H,21,23). The fourth-order valence-electron chi connectivity index (χ4n) is 2.65. The van der Waals surface area contributed by atoms with Crippen molar-refractivity contribution in [3.05, 3.63) is 78.0 Å². The highest BCUT2D eigenvalue weighted by Crippen LogP contribution is 2.28. The van der Waals surface area contributed by atoms with Gasteiger partial charge in [0.25, 0.3) is 0 Å². The molecule has 0 spiro atoms. The number of aromatic nitrogens is 1. The van der Waals surface area contributed by atoms with E-state index < -0.39 is 0 Å². The summed E-state index contributed by atoms with van der Waals surface area (Å²) in [6, 6.07) is 21.1. The number of nitrogens with one attached hydrogen (secondary N) is 1. The summed E-state index contributed by atoms with van der Waals surface area (Å²) in [6.07, 6.45) is 0.342. The lowest BCUT2D eigenvalue weighted by Gasteiger charge is -2.02. The van der Waals surface area contributed by atoms with Gasteiger partial charge < -0.3 is 14.3 Å². The minimum atomic E-state index is -0.0560. The number of furan rings is 1. The number of para-hydroxylation sites is 1. The normalized spacial score (nSPS) is 10.9. The predicted molar refractivity (Wildman–Crippen MR) is 93.7 cm³/mol. The SMILES string of the molecule is O=C(Cc1ccccc1)NCc1cc(-c2cc3ccccc3o2)on1. The van der Waals surface area contributed by atoms with Crippen molar-refractivity contribution in [3.63, 3.8) is 0 Å². The van der Waals surface area contributed by atoms with Crippen molar-refractivity contribution >= 4 is 16.9 Å². The van der Waals surface area contributed by atoms with Crippen molar-refractivity contribution in [2.75, 3.05) is 0 Å². The van der Waals surface area contributed by atoms with Crippen LogP contribution >= 0.6 is 0 Å². The third-order valence-electron chi connectivity index (χ3n) is 3.90. The molecule has 0 saturated carbocycles. The molecule has 0 bridgehead atoms. The highest BCUT2D eigenvalue weighted by Gasteiger charge is 2.12. The molecular weight excluding hydrogens is 316 g/mol. The number of hydrogen-bond donors (Lipinski definition) is 1. The van der Waals surface area contributed by atoms with E-state index in [0.29, 0.717) is 30.2 Å². The highest BCUT2D eigenvalue weighted by molar-refractivity contribution is 5.82. The van der Waals surface area contributed by atoms with E-state index in [0.717, 1.165) is 16.5 Å². The second-order valence-corrected chi connectivity index (χ2v) is 5.77. The number of hydrogen-bond acceptors (Lipinski definition) is 4. The van der Waals surface area contributed by atoms with Crippen LogP contribution < -0.4 is 5.32 Å². The van der Waals surface area contributed by atoms with Crippen molar-refractivity contribution < 1.29 is 13.7 Å². The first-order chi connectivity index (χ1) is 12.3. The van der Waals surface area contributed by atoms with Crippen LogP contribution in [0.25, 0.3) is 22.5 Å². The van der Waals surface area contributed by atoms with Crippen LogP contribution in [0.4, 0.5) is 0 Å². The van der Waals surface area contributed by atoms with Crippen molar-refractivity contribution in [1.29, 1.82) is 0 Å². The molecule has 0 aliphatic heterocycles. The van der Waals surface area contributed by atoms with Gasteiger partial charge in [0.05, 0.1) is 13.0 Å². The Morgan fingerprint density at radius 2 is 1.76 bits per heavy atom. The van der Waals surface area contributed by atoms with Gasteiger partial charge in [-0.3, -0.25) is 4.79 Å². The van der Waals surface area contributed by atoms with E-state index in [2.05, 4.69) is 10.5 Å². The third-order valence-corrected chi connectivity index (χ3v) is 3.90. The van der Waals surface area contributed by atoms with Crippen LogP contribution in [0.2, 0.25) is 0 Å². The van der Waals surface area contributed by atoms with Crippen molar-refractivity contribution in [1.82, 2.24) is 10.5 Å². The van der Waals surface area contributed by atoms with E-state index in [-0.39, 0.29) is 5.91 Å². The minimum Gasteiger partial charge on any atom is -0.453 e. The molecule has 2 aromatic carbocycles. The number of rotatable bonds is 5. The lowest BCUT2D eigenvalue weighted by Crippen LogP contribution is -2.24. The summed E-state index contributed by atoms with van der Waals surface area (Å²) in [4.78, 5) is 12.0. The zero-order valence-corrected chi connectivity index (χ0v) is 13.4. The summed E-state index contributed by atoms with van der Waals surface area (Å²) < 4.78 is 11.1. The Hall–Kier alpha value is -3.34. The van der Waals surface area contributed by atoms with Gasteiger partial charge in [0, 0.05) is 11.5 Å². The molecule has 0 saturated heterocycles. The summed E-state index contributed by atoms with van der Waals surface area (Å²) in [5.74, 6) is 1.11. The quantitative estimate of drug-likeness (QED) is 0.601. The van der Waals surface area contributed by atoms with Gasteiger partial charge in [0.15, 0.2) is 5.76 Å². The van der Waals surface area contributed by atoms with E-state index in [1.54, 1.807) is 6.07 Å². The van der Waals surface area contributed by atoms with Crippen molar-refractivity contribution in [3.8, 4) is 11.5 Å². The first-order valence-corrected chi connectivity index (χ1v) is 8.03. The van der Waals surface area contributed by atoms with Gasteiger partial charge in [-0.2, -0.15) is 0 Å². The number of fused-ring (bicyclic) bond motifs is 1. The topological polar surface area (TPSA) is 68.3 Å². The first kappa shape index (κ1) is 15.2. The lowest BCUT2D eigenvalue weighted by molar-refractivity contribution is -0.120. The summed E-state index contributed by atoms with van der Waals surface area (Å²) in [7, 11) is 0. The second kappa shape index (κ2) is 6.65. The largest absolute Gasteiger partial charge is 0.453 e. The fraction of sp³-hybridized carbons (Fsp3) is 0.100. The Kier molecular flexibility index (Phi) is 4.04.